The SMILES string of the molecule is CC1CCCC(N2CCN(C(C)(C)C(N)=S)CC2)C1. The van der Waals surface area contributed by atoms with Crippen LogP contribution < -0.4 is 5.73 Å². The standard InChI is InChI=1S/C15H29N3S/c1-12-5-4-6-13(11-12)17-7-9-18(10-8-17)15(2,3)14(16)19/h12-13H,4-11H2,1-3H3,(H2,16,19). The lowest BCUT2D eigenvalue weighted by Gasteiger charge is -2.46. The van der Waals surface area contributed by atoms with Crippen LogP contribution in [-0.2, 0) is 0 Å². The first-order chi connectivity index (χ1) is 8.91. The third-order valence-electron chi connectivity index (χ3n) is 5.13. The van der Waals surface area contributed by atoms with Crippen LogP contribution in [0.25, 0.3) is 0 Å². The predicted octanol–water partition coefficient (Wildman–Crippen LogP) is 2.25. The maximum atomic E-state index is 5.87. The van der Waals surface area contributed by atoms with E-state index in [1.807, 2.05) is 0 Å². The van der Waals surface area contributed by atoms with E-state index in [9.17, 15) is 0 Å². The molecule has 4 heteroatoms. The van der Waals surface area contributed by atoms with Gasteiger partial charge in [-0.05, 0) is 32.6 Å². The Kier molecular flexibility index (Phi) is 4.85. The quantitative estimate of drug-likeness (QED) is 0.805. The first kappa shape index (κ1) is 15.2. The largest absolute Gasteiger partial charge is 0.392 e. The number of nitrogens with zero attached hydrogens (tertiary/aromatic N) is 2. The zero-order chi connectivity index (χ0) is 14.0. The fourth-order valence-electron chi connectivity index (χ4n) is 3.54. The first-order valence-corrected chi connectivity index (χ1v) is 8.11. The molecule has 110 valence electrons. The second kappa shape index (κ2) is 6.06. The van der Waals surface area contributed by atoms with E-state index in [-0.39, 0.29) is 5.54 Å². The molecule has 0 aromatic rings. The van der Waals surface area contributed by atoms with E-state index in [1.165, 1.54) is 38.8 Å². The molecule has 1 aliphatic carbocycles. The Hall–Kier alpha value is -0.190. The van der Waals surface area contributed by atoms with E-state index < -0.39 is 0 Å². The highest BCUT2D eigenvalue weighted by Gasteiger charge is 2.34. The van der Waals surface area contributed by atoms with Crippen molar-refractivity contribution in [3.8, 4) is 0 Å². The molecule has 1 saturated heterocycles. The van der Waals surface area contributed by atoms with Crippen molar-refractivity contribution in [2.45, 2.75) is 58.0 Å². The van der Waals surface area contributed by atoms with Crippen LogP contribution in [0.15, 0.2) is 0 Å². The van der Waals surface area contributed by atoms with Gasteiger partial charge in [-0.3, -0.25) is 9.80 Å². The van der Waals surface area contributed by atoms with Crippen molar-refractivity contribution in [2.24, 2.45) is 11.7 Å². The van der Waals surface area contributed by atoms with E-state index in [0.29, 0.717) is 4.99 Å². The monoisotopic (exact) mass is 283 g/mol. The summed E-state index contributed by atoms with van der Waals surface area (Å²) in [5.41, 5.74) is 5.74. The van der Waals surface area contributed by atoms with Gasteiger partial charge < -0.3 is 5.73 Å². The van der Waals surface area contributed by atoms with Crippen molar-refractivity contribution in [2.75, 3.05) is 26.2 Å². The molecule has 0 amide bonds. The summed E-state index contributed by atoms with van der Waals surface area (Å²) >= 11 is 5.21. The number of piperazine rings is 1. The van der Waals surface area contributed by atoms with Crippen molar-refractivity contribution in [3.63, 3.8) is 0 Å². The van der Waals surface area contributed by atoms with Gasteiger partial charge in [0.2, 0.25) is 0 Å². The highest BCUT2D eigenvalue weighted by molar-refractivity contribution is 7.80. The summed E-state index contributed by atoms with van der Waals surface area (Å²) in [4.78, 5) is 5.76. The summed E-state index contributed by atoms with van der Waals surface area (Å²) in [6, 6.07) is 0.818. The minimum atomic E-state index is -0.138. The van der Waals surface area contributed by atoms with Crippen molar-refractivity contribution in [3.05, 3.63) is 0 Å². The van der Waals surface area contributed by atoms with Crippen LogP contribution in [0.2, 0.25) is 0 Å². The average Bonchev–Trinajstić information content (AvgIpc) is 2.38. The Morgan fingerprint density at radius 1 is 1.16 bits per heavy atom. The smallest absolute Gasteiger partial charge is 0.0928 e. The molecule has 19 heavy (non-hydrogen) atoms. The zero-order valence-electron chi connectivity index (χ0n) is 12.7. The molecule has 2 N–H and O–H groups in total. The van der Waals surface area contributed by atoms with E-state index in [0.717, 1.165) is 25.0 Å². The summed E-state index contributed by atoms with van der Waals surface area (Å²) in [6.07, 6.45) is 5.61. The Morgan fingerprint density at radius 3 is 2.32 bits per heavy atom. The van der Waals surface area contributed by atoms with Gasteiger partial charge in [0.1, 0.15) is 0 Å². The minimum absolute atomic E-state index is 0.138. The van der Waals surface area contributed by atoms with Gasteiger partial charge in [-0.15, -0.1) is 0 Å². The molecule has 2 fully saturated rings. The fourth-order valence-corrected chi connectivity index (χ4v) is 3.66. The molecule has 0 bridgehead atoms. The number of hydrogen-bond acceptors (Lipinski definition) is 3. The van der Waals surface area contributed by atoms with Crippen LogP contribution in [0.1, 0.15) is 46.5 Å². The average molecular weight is 283 g/mol. The van der Waals surface area contributed by atoms with Crippen LogP contribution >= 0.6 is 12.2 Å². The summed E-state index contributed by atoms with van der Waals surface area (Å²) in [6.45, 7) is 11.2. The molecule has 2 unspecified atom stereocenters. The first-order valence-electron chi connectivity index (χ1n) is 7.70. The number of thiocarbonyl (C=S) groups is 1. The van der Waals surface area contributed by atoms with Crippen molar-refractivity contribution >= 4 is 17.2 Å². The summed E-state index contributed by atoms with van der Waals surface area (Å²) in [7, 11) is 0. The second-order valence-corrected chi connectivity index (χ2v) is 7.31. The van der Waals surface area contributed by atoms with Crippen molar-refractivity contribution in [1.82, 2.24) is 9.80 Å². The van der Waals surface area contributed by atoms with Gasteiger partial charge in [0, 0.05) is 32.2 Å². The van der Waals surface area contributed by atoms with Gasteiger partial charge >= 0.3 is 0 Å². The van der Waals surface area contributed by atoms with Gasteiger partial charge in [-0.1, -0.05) is 32.0 Å². The normalized spacial score (nSPS) is 31.3. The molecule has 1 saturated carbocycles. The molecule has 2 atom stereocenters. The summed E-state index contributed by atoms with van der Waals surface area (Å²) in [5, 5.41) is 0. The predicted molar refractivity (Wildman–Crippen MR) is 85.4 cm³/mol. The molecular formula is C15H29N3S. The zero-order valence-corrected chi connectivity index (χ0v) is 13.5. The van der Waals surface area contributed by atoms with Gasteiger partial charge in [0.15, 0.2) is 0 Å². The van der Waals surface area contributed by atoms with Gasteiger partial charge in [0.25, 0.3) is 0 Å². The lowest BCUT2D eigenvalue weighted by Crippen LogP contribution is -2.60. The topological polar surface area (TPSA) is 32.5 Å². The third kappa shape index (κ3) is 3.47. The van der Waals surface area contributed by atoms with Crippen molar-refractivity contribution in [1.29, 1.82) is 0 Å². The van der Waals surface area contributed by atoms with Gasteiger partial charge in [-0.2, -0.15) is 0 Å². The minimum Gasteiger partial charge on any atom is -0.392 e. The highest BCUT2D eigenvalue weighted by Crippen LogP contribution is 2.28. The molecule has 2 aliphatic rings. The Balaban J connectivity index is 1.87. The highest BCUT2D eigenvalue weighted by atomic mass is 32.1. The molecule has 0 spiro atoms. The summed E-state index contributed by atoms with van der Waals surface area (Å²) in [5.74, 6) is 0.907. The van der Waals surface area contributed by atoms with Crippen LogP contribution in [0.5, 0.6) is 0 Å². The number of hydrogen-bond donors (Lipinski definition) is 1. The van der Waals surface area contributed by atoms with Crippen LogP contribution in [0, 0.1) is 5.92 Å². The molecule has 1 aliphatic heterocycles. The van der Waals surface area contributed by atoms with Crippen molar-refractivity contribution < 1.29 is 0 Å². The van der Waals surface area contributed by atoms with E-state index in [2.05, 4.69) is 30.6 Å². The fraction of sp³-hybridized carbons (Fsp3) is 0.933. The maximum absolute atomic E-state index is 5.87. The summed E-state index contributed by atoms with van der Waals surface area (Å²) < 4.78 is 0. The molecule has 1 heterocycles. The molecular weight excluding hydrogens is 254 g/mol. The molecule has 0 aromatic heterocycles. The third-order valence-corrected chi connectivity index (χ3v) is 5.63. The lowest BCUT2D eigenvalue weighted by molar-refractivity contribution is 0.0430. The van der Waals surface area contributed by atoms with Gasteiger partial charge in [-0.25, -0.2) is 0 Å². The maximum Gasteiger partial charge on any atom is 0.0928 e. The van der Waals surface area contributed by atoms with Gasteiger partial charge in [0.05, 0.1) is 10.5 Å². The molecule has 3 nitrogen and oxygen atoms in total. The molecule has 0 aromatic carbocycles. The van der Waals surface area contributed by atoms with E-state index in [1.54, 1.807) is 0 Å². The Morgan fingerprint density at radius 2 is 1.79 bits per heavy atom. The van der Waals surface area contributed by atoms with Crippen LogP contribution in [0.3, 0.4) is 0 Å². The number of nitrogens with two attached hydrogens (primary N) is 1. The Labute approximate surface area is 123 Å². The molecule has 0 radical (unpaired) electrons. The Bertz CT molecular complexity index is 321. The lowest BCUT2D eigenvalue weighted by atomic mass is 9.86. The second-order valence-electron chi connectivity index (χ2n) is 6.87. The number of rotatable bonds is 3. The van der Waals surface area contributed by atoms with Crippen LogP contribution in [-0.4, -0.2) is 52.5 Å². The van der Waals surface area contributed by atoms with E-state index >= 15 is 0 Å². The van der Waals surface area contributed by atoms with Crippen LogP contribution in [0.4, 0.5) is 0 Å². The molecule has 2 rings (SSSR count). The van der Waals surface area contributed by atoms with E-state index in [4.69, 9.17) is 18.0 Å².